The zero-order valence-corrected chi connectivity index (χ0v) is 10.6. The lowest BCUT2D eigenvalue weighted by Gasteiger charge is -2.30. The molecular weight excluding hydrogens is 176 g/mol. The third kappa shape index (κ3) is 4.21. The summed E-state index contributed by atoms with van der Waals surface area (Å²) in [5.41, 5.74) is 0.239. The number of rotatable bonds is 6. The normalized spacial score (nSPS) is 12.2. The summed E-state index contributed by atoms with van der Waals surface area (Å²) in [6.45, 7) is 11.3. The molecule has 0 unspecified atom stereocenters. The Hall–Kier alpha value is 0.0900. The molecule has 0 atom stereocenters. The van der Waals surface area contributed by atoms with Gasteiger partial charge in [0.05, 0.1) is 0 Å². The third-order valence-corrected chi connectivity index (χ3v) is 3.90. The van der Waals surface area contributed by atoms with E-state index in [-0.39, 0.29) is 5.41 Å². The second-order valence-corrected chi connectivity index (χ2v) is 5.25. The van der Waals surface area contributed by atoms with Crippen molar-refractivity contribution in [3.8, 4) is 0 Å². The number of hydrogen-bond donors (Lipinski definition) is 0. The molecule has 0 saturated heterocycles. The van der Waals surface area contributed by atoms with E-state index < -0.39 is 0 Å². The molecule has 0 aliphatic heterocycles. The average Bonchev–Trinajstić information content (AvgIpc) is 2.04. The molecule has 78 valence electrons. The summed E-state index contributed by atoms with van der Waals surface area (Å²) in [6, 6.07) is 0. The van der Waals surface area contributed by atoms with Crippen LogP contribution in [0.25, 0.3) is 0 Å². The molecule has 0 spiro atoms. The first-order valence-corrected chi connectivity index (χ1v) is 5.87. The van der Waals surface area contributed by atoms with Gasteiger partial charge in [0.1, 0.15) is 0 Å². The van der Waals surface area contributed by atoms with E-state index in [4.69, 9.17) is 12.2 Å². The number of thiocarbonyl (C=S) groups is 1. The lowest BCUT2D eigenvalue weighted by Crippen LogP contribution is -2.28. The van der Waals surface area contributed by atoms with Crippen LogP contribution in [0.2, 0.25) is 0 Å². The van der Waals surface area contributed by atoms with E-state index in [2.05, 4.69) is 34.6 Å². The second kappa shape index (κ2) is 5.74. The van der Waals surface area contributed by atoms with Crippen LogP contribution >= 0.6 is 12.2 Å². The van der Waals surface area contributed by atoms with Crippen LogP contribution in [0.1, 0.15) is 60.3 Å². The molecule has 0 aromatic carbocycles. The summed E-state index contributed by atoms with van der Waals surface area (Å²) >= 11 is 5.48. The molecule has 0 N–H and O–H groups in total. The molecule has 1 heteroatoms. The van der Waals surface area contributed by atoms with Gasteiger partial charge in [-0.3, -0.25) is 0 Å². The number of unbranched alkanes of at least 4 members (excludes halogenated alkanes) is 2. The van der Waals surface area contributed by atoms with Gasteiger partial charge in [0.25, 0.3) is 0 Å². The van der Waals surface area contributed by atoms with Crippen molar-refractivity contribution in [3.63, 3.8) is 0 Å². The molecule has 0 fully saturated rings. The van der Waals surface area contributed by atoms with E-state index in [9.17, 15) is 0 Å². The quantitative estimate of drug-likeness (QED) is 0.445. The van der Waals surface area contributed by atoms with Gasteiger partial charge in [-0.15, -0.1) is 0 Å². The smallest absolute Gasteiger partial charge is 0.00127 e. The van der Waals surface area contributed by atoms with Crippen molar-refractivity contribution in [2.75, 3.05) is 0 Å². The van der Waals surface area contributed by atoms with Crippen LogP contribution in [0.4, 0.5) is 0 Å². The molecule has 0 bridgehead atoms. The summed E-state index contributed by atoms with van der Waals surface area (Å²) in [5.74, 6) is 0.654. The Labute approximate surface area is 89.1 Å². The summed E-state index contributed by atoms with van der Waals surface area (Å²) in [7, 11) is 0. The molecule has 0 saturated carbocycles. The van der Waals surface area contributed by atoms with Crippen LogP contribution < -0.4 is 0 Å². The molecular formula is C12H24S. The van der Waals surface area contributed by atoms with Gasteiger partial charge in [-0.1, -0.05) is 59.7 Å². The van der Waals surface area contributed by atoms with Crippen LogP contribution in [0.5, 0.6) is 0 Å². The first kappa shape index (κ1) is 13.1. The molecule has 0 aliphatic rings. The van der Waals surface area contributed by atoms with Crippen molar-refractivity contribution in [1.82, 2.24) is 0 Å². The predicted octanol–water partition coefficient (Wildman–Crippen LogP) is 4.62. The van der Waals surface area contributed by atoms with Gasteiger partial charge in [0.2, 0.25) is 0 Å². The zero-order chi connectivity index (χ0) is 10.5. The summed E-state index contributed by atoms with van der Waals surface area (Å²) in [4.78, 5) is 1.26. The van der Waals surface area contributed by atoms with Gasteiger partial charge in [-0.2, -0.15) is 0 Å². The van der Waals surface area contributed by atoms with Crippen LogP contribution in [-0.4, -0.2) is 4.86 Å². The monoisotopic (exact) mass is 200 g/mol. The van der Waals surface area contributed by atoms with E-state index >= 15 is 0 Å². The highest BCUT2D eigenvalue weighted by molar-refractivity contribution is 7.80. The first-order chi connectivity index (χ1) is 5.92. The minimum atomic E-state index is 0.239. The third-order valence-electron chi connectivity index (χ3n) is 3.17. The fourth-order valence-corrected chi connectivity index (χ4v) is 1.56. The highest BCUT2D eigenvalue weighted by Gasteiger charge is 2.26. The van der Waals surface area contributed by atoms with Crippen LogP contribution in [0.3, 0.4) is 0 Å². The Morgan fingerprint density at radius 3 is 2.15 bits per heavy atom. The first-order valence-electron chi connectivity index (χ1n) is 5.46. The fraction of sp³-hybridized carbons (Fsp3) is 0.917. The van der Waals surface area contributed by atoms with Gasteiger partial charge < -0.3 is 0 Å². The Morgan fingerprint density at radius 2 is 1.77 bits per heavy atom. The zero-order valence-electron chi connectivity index (χ0n) is 9.81. The molecule has 0 aliphatic carbocycles. The van der Waals surface area contributed by atoms with Crippen molar-refractivity contribution in [1.29, 1.82) is 0 Å². The van der Waals surface area contributed by atoms with Gasteiger partial charge >= 0.3 is 0 Å². The average molecular weight is 200 g/mol. The Bertz CT molecular complexity index is 157. The van der Waals surface area contributed by atoms with E-state index in [1.807, 2.05) is 0 Å². The Kier molecular flexibility index (Phi) is 5.78. The van der Waals surface area contributed by atoms with Crippen LogP contribution in [0.15, 0.2) is 0 Å². The molecule has 0 aromatic rings. The van der Waals surface area contributed by atoms with Crippen LogP contribution in [0, 0.1) is 11.3 Å². The predicted molar refractivity (Wildman–Crippen MR) is 65.4 cm³/mol. The summed E-state index contributed by atoms with van der Waals surface area (Å²) in [6.07, 6.45) is 5.00. The van der Waals surface area contributed by atoms with E-state index in [0.29, 0.717) is 5.92 Å². The molecule has 13 heavy (non-hydrogen) atoms. The van der Waals surface area contributed by atoms with Crippen molar-refractivity contribution in [3.05, 3.63) is 0 Å². The SMILES string of the molecule is CCCCCC(=S)C(C)(C)C(C)C. The second-order valence-electron chi connectivity index (χ2n) is 4.76. The topological polar surface area (TPSA) is 0 Å². The minimum absolute atomic E-state index is 0.239. The fourth-order valence-electron chi connectivity index (χ4n) is 1.18. The molecule has 0 aromatic heterocycles. The molecule has 0 nitrogen and oxygen atoms in total. The van der Waals surface area contributed by atoms with E-state index in [1.54, 1.807) is 0 Å². The maximum absolute atomic E-state index is 5.48. The van der Waals surface area contributed by atoms with Gasteiger partial charge in [0.15, 0.2) is 0 Å². The highest BCUT2D eigenvalue weighted by Crippen LogP contribution is 2.30. The maximum atomic E-state index is 5.48. The lowest BCUT2D eigenvalue weighted by molar-refractivity contribution is 0.363. The standard InChI is InChI=1S/C12H24S/c1-6-7-8-9-11(13)12(4,5)10(2)3/h10H,6-9H2,1-5H3. The molecule has 0 radical (unpaired) electrons. The van der Waals surface area contributed by atoms with Gasteiger partial charge in [0, 0.05) is 0 Å². The molecule has 0 amide bonds. The van der Waals surface area contributed by atoms with Crippen molar-refractivity contribution < 1.29 is 0 Å². The molecule has 0 rings (SSSR count). The maximum Gasteiger partial charge on any atom is -0.00127 e. The summed E-state index contributed by atoms with van der Waals surface area (Å²) < 4.78 is 0. The summed E-state index contributed by atoms with van der Waals surface area (Å²) in [5, 5.41) is 0. The number of hydrogen-bond acceptors (Lipinski definition) is 1. The van der Waals surface area contributed by atoms with Gasteiger partial charge in [-0.05, 0) is 29.0 Å². The molecule has 0 heterocycles. The minimum Gasteiger partial charge on any atom is -0.0891 e. The highest BCUT2D eigenvalue weighted by atomic mass is 32.1. The Balaban J connectivity index is 3.95. The van der Waals surface area contributed by atoms with E-state index in [0.717, 1.165) is 6.42 Å². The Morgan fingerprint density at radius 1 is 1.23 bits per heavy atom. The van der Waals surface area contributed by atoms with Crippen molar-refractivity contribution >= 4 is 17.1 Å². The van der Waals surface area contributed by atoms with Gasteiger partial charge in [-0.25, -0.2) is 0 Å². The van der Waals surface area contributed by atoms with Crippen molar-refractivity contribution in [2.24, 2.45) is 11.3 Å². The largest absolute Gasteiger partial charge is 0.0891 e. The van der Waals surface area contributed by atoms with E-state index in [1.165, 1.54) is 24.1 Å². The lowest BCUT2D eigenvalue weighted by atomic mass is 9.77. The van der Waals surface area contributed by atoms with Crippen LogP contribution in [-0.2, 0) is 0 Å². The van der Waals surface area contributed by atoms with Crippen molar-refractivity contribution in [2.45, 2.75) is 60.3 Å².